The molecule has 0 unspecified atom stereocenters. The molecule has 0 bridgehead atoms. The van der Waals surface area contributed by atoms with Crippen molar-refractivity contribution in [3.8, 4) is 28.2 Å². The Bertz CT molecular complexity index is 1780. The molecule has 2 saturated carbocycles. The minimum Gasteiger partial charge on any atom is -0.500 e. The number of imidazole rings is 1. The van der Waals surface area contributed by atoms with E-state index in [0.717, 1.165) is 33.3 Å². The van der Waals surface area contributed by atoms with Gasteiger partial charge in [0.15, 0.2) is 0 Å². The monoisotopic (exact) mass is 714 g/mol. The molecule has 2 fully saturated rings. The first kappa shape index (κ1) is 26.4. The fourth-order valence-electron chi connectivity index (χ4n) is 7.33. The predicted molar refractivity (Wildman–Crippen MR) is 163 cm³/mol. The summed E-state index contributed by atoms with van der Waals surface area (Å²) in [4.78, 5) is 4.95. The molecule has 2 aromatic heterocycles. The van der Waals surface area contributed by atoms with Gasteiger partial charge >= 0.3 is 0 Å². The molecule has 0 saturated heterocycles. The summed E-state index contributed by atoms with van der Waals surface area (Å²) in [6.07, 6.45) is 14.4. The summed E-state index contributed by atoms with van der Waals surface area (Å²) < 4.78 is 8.49. The van der Waals surface area contributed by atoms with Crippen molar-refractivity contribution in [2.24, 2.45) is 0 Å². The second-order valence-electron chi connectivity index (χ2n) is 11.7. The van der Waals surface area contributed by atoms with E-state index in [0.29, 0.717) is 11.8 Å². The van der Waals surface area contributed by atoms with E-state index in [1.807, 2.05) is 24.4 Å². The summed E-state index contributed by atoms with van der Waals surface area (Å²) in [5.74, 6) is 2.12. The smallest absolute Gasteiger partial charge is 0.120 e. The van der Waals surface area contributed by atoms with Crippen molar-refractivity contribution in [2.45, 2.75) is 63.2 Å². The minimum absolute atomic E-state index is 0. The number of nitrogens with zero attached hydrogens (tertiary/aromatic N) is 2. The zero-order valence-electron chi connectivity index (χ0n) is 23.1. The van der Waals surface area contributed by atoms with E-state index in [4.69, 9.17) is 9.40 Å². The quantitative estimate of drug-likeness (QED) is 0.167. The van der Waals surface area contributed by atoms with E-state index in [2.05, 4.69) is 77.5 Å². The Morgan fingerprint density at radius 2 is 1.37 bits per heavy atom. The third kappa shape index (κ3) is 4.68. The van der Waals surface area contributed by atoms with Gasteiger partial charge in [0, 0.05) is 43.6 Å². The van der Waals surface area contributed by atoms with E-state index < -0.39 is 0 Å². The Morgan fingerprint density at radius 3 is 2.07 bits per heavy atom. The van der Waals surface area contributed by atoms with Crippen LogP contribution < -0.4 is 0 Å². The molecular formula is C37H33IrN2O-. The molecule has 0 N–H and O–H groups in total. The average molecular weight is 714 g/mol. The van der Waals surface area contributed by atoms with Crippen molar-refractivity contribution in [3.63, 3.8) is 0 Å². The zero-order valence-corrected chi connectivity index (χ0v) is 25.5. The van der Waals surface area contributed by atoms with Crippen LogP contribution in [0.4, 0.5) is 0 Å². The molecule has 3 nitrogen and oxygen atoms in total. The molecule has 6 aromatic rings. The molecule has 0 amide bonds. The van der Waals surface area contributed by atoms with Gasteiger partial charge in [0.25, 0.3) is 0 Å². The third-order valence-electron chi connectivity index (χ3n) is 9.30. The van der Waals surface area contributed by atoms with Gasteiger partial charge in [-0.1, -0.05) is 79.6 Å². The number of benzene rings is 4. The van der Waals surface area contributed by atoms with Crippen molar-refractivity contribution >= 4 is 21.9 Å². The van der Waals surface area contributed by atoms with Crippen LogP contribution in [0.5, 0.6) is 0 Å². The van der Waals surface area contributed by atoms with Crippen LogP contribution in [0.3, 0.4) is 0 Å². The van der Waals surface area contributed by atoms with Gasteiger partial charge in [-0.05, 0) is 78.0 Å². The van der Waals surface area contributed by atoms with Crippen molar-refractivity contribution in [3.05, 3.63) is 108 Å². The Balaban J connectivity index is 0.00000276. The predicted octanol–water partition coefficient (Wildman–Crippen LogP) is 10.2. The Hall–Kier alpha value is -3.46. The first-order valence-electron chi connectivity index (χ1n) is 14.9. The molecule has 4 aromatic carbocycles. The fourth-order valence-corrected chi connectivity index (χ4v) is 7.33. The molecule has 1 radical (unpaired) electrons. The Morgan fingerprint density at radius 1 is 0.707 bits per heavy atom. The van der Waals surface area contributed by atoms with E-state index in [-0.39, 0.29) is 20.1 Å². The van der Waals surface area contributed by atoms with Crippen molar-refractivity contribution in [1.82, 2.24) is 9.55 Å². The maximum Gasteiger partial charge on any atom is 0.120 e. The van der Waals surface area contributed by atoms with Gasteiger partial charge in [0.2, 0.25) is 0 Å². The van der Waals surface area contributed by atoms with Gasteiger partial charge in [-0.25, -0.2) is 0 Å². The van der Waals surface area contributed by atoms with Gasteiger partial charge in [0.1, 0.15) is 5.58 Å². The summed E-state index contributed by atoms with van der Waals surface area (Å²) in [7, 11) is 0. The number of furan rings is 1. The van der Waals surface area contributed by atoms with Gasteiger partial charge in [-0.2, -0.15) is 0 Å². The molecule has 8 rings (SSSR count). The Kier molecular flexibility index (Phi) is 7.14. The topological polar surface area (TPSA) is 31.0 Å². The average Bonchev–Trinajstić information content (AvgIpc) is 3.83. The minimum atomic E-state index is 0. The number of hydrogen-bond donors (Lipinski definition) is 0. The molecule has 41 heavy (non-hydrogen) atoms. The molecule has 0 spiro atoms. The zero-order chi connectivity index (χ0) is 26.5. The molecule has 2 aliphatic carbocycles. The van der Waals surface area contributed by atoms with Crippen LogP contribution in [0.25, 0.3) is 50.1 Å². The molecule has 0 aliphatic heterocycles. The molecule has 207 valence electrons. The molecule has 4 heteroatoms. The van der Waals surface area contributed by atoms with Gasteiger partial charge < -0.3 is 8.98 Å². The molecule has 2 aliphatic rings. The largest absolute Gasteiger partial charge is 0.500 e. The second kappa shape index (κ2) is 11.1. The first-order chi connectivity index (χ1) is 19.8. The SMILES string of the molecule is [Ir].[c-]1cc2oc3ccccc3c2cc1-c1nccn1-c1c(C2CCCC2)cc(-c2ccccc2)cc1C1CCCC1. The van der Waals surface area contributed by atoms with E-state index in [1.54, 1.807) is 0 Å². The molecule has 0 atom stereocenters. The van der Waals surface area contributed by atoms with Crippen LogP contribution >= 0.6 is 0 Å². The summed E-state index contributed by atoms with van der Waals surface area (Å²) >= 11 is 0. The molecular weight excluding hydrogens is 681 g/mol. The van der Waals surface area contributed by atoms with Crippen LogP contribution in [0.1, 0.15) is 74.3 Å². The van der Waals surface area contributed by atoms with Crippen LogP contribution in [-0.4, -0.2) is 9.55 Å². The number of para-hydroxylation sites is 1. The maximum absolute atomic E-state index is 6.11. The number of aromatic nitrogens is 2. The second-order valence-corrected chi connectivity index (χ2v) is 11.7. The summed E-state index contributed by atoms with van der Waals surface area (Å²) in [6, 6.07) is 31.9. The number of fused-ring (bicyclic) bond motifs is 3. The van der Waals surface area contributed by atoms with E-state index >= 15 is 0 Å². The van der Waals surface area contributed by atoms with E-state index in [9.17, 15) is 0 Å². The van der Waals surface area contributed by atoms with Crippen LogP contribution in [0.15, 0.2) is 95.7 Å². The van der Waals surface area contributed by atoms with Crippen molar-refractivity contribution in [1.29, 1.82) is 0 Å². The first-order valence-corrected chi connectivity index (χ1v) is 14.9. The summed E-state index contributed by atoms with van der Waals surface area (Å²) in [5, 5.41) is 2.25. The normalized spacial score (nSPS) is 16.1. The van der Waals surface area contributed by atoms with Gasteiger partial charge in [-0.15, -0.1) is 23.8 Å². The third-order valence-corrected chi connectivity index (χ3v) is 9.30. The summed E-state index contributed by atoms with van der Waals surface area (Å²) in [6.45, 7) is 0. The van der Waals surface area contributed by atoms with Crippen molar-refractivity contribution in [2.75, 3.05) is 0 Å². The number of rotatable bonds is 5. The van der Waals surface area contributed by atoms with Crippen LogP contribution in [0.2, 0.25) is 0 Å². The van der Waals surface area contributed by atoms with Crippen LogP contribution in [0, 0.1) is 6.07 Å². The van der Waals surface area contributed by atoms with Gasteiger partial charge in [0.05, 0.1) is 11.4 Å². The maximum atomic E-state index is 6.11. The van der Waals surface area contributed by atoms with Crippen molar-refractivity contribution < 1.29 is 24.5 Å². The summed E-state index contributed by atoms with van der Waals surface area (Å²) in [5.41, 5.74) is 9.81. The van der Waals surface area contributed by atoms with Gasteiger partial charge in [-0.3, -0.25) is 4.98 Å². The Labute approximate surface area is 255 Å². The fraction of sp³-hybridized carbons (Fsp3) is 0.270. The van der Waals surface area contributed by atoms with Crippen LogP contribution in [-0.2, 0) is 20.1 Å². The molecule has 2 heterocycles. The number of hydrogen-bond acceptors (Lipinski definition) is 2. The van der Waals surface area contributed by atoms with E-state index in [1.165, 1.54) is 79.3 Å². The standard InChI is InChI=1S/C37H33N2O.Ir/c1-2-10-25(11-3-1)29-23-31(26-12-4-5-13-26)36(32(24-29)27-14-6-7-15-27)39-21-20-38-37(39)28-18-19-35-33(22-28)30-16-8-9-17-34(30)40-35;/h1-3,8-11,16-17,19-24,26-27H,4-7,12-15H2;/q-1;.